The Morgan fingerprint density at radius 2 is 1.82 bits per heavy atom. The molecule has 2 nitrogen and oxygen atoms in total. The molecule has 22 heavy (non-hydrogen) atoms. The molecule has 0 aliphatic carbocycles. The predicted molar refractivity (Wildman–Crippen MR) is 85.2 cm³/mol. The predicted octanol–water partition coefficient (Wildman–Crippen LogP) is 3.92. The Kier molecular flexibility index (Phi) is 4.64. The Hall–Kier alpha value is -2.00. The van der Waals surface area contributed by atoms with Gasteiger partial charge in [0, 0.05) is 24.6 Å². The standard InChI is InChI=1S/C19H20FNO/c20-18-10-8-15(9-11-18)13-21-12-4-7-17(14-21)19(22)16-5-2-1-3-6-16/h1-3,5-6,8-11,17H,4,7,12-14H2. The van der Waals surface area contributed by atoms with E-state index in [-0.39, 0.29) is 17.5 Å². The highest BCUT2D eigenvalue weighted by molar-refractivity contribution is 5.98. The van der Waals surface area contributed by atoms with Crippen LogP contribution < -0.4 is 0 Å². The van der Waals surface area contributed by atoms with Crippen molar-refractivity contribution >= 4 is 5.78 Å². The lowest BCUT2D eigenvalue weighted by atomic mass is 9.90. The van der Waals surface area contributed by atoms with Crippen LogP contribution >= 0.6 is 0 Å². The molecule has 0 N–H and O–H groups in total. The fourth-order valence-electron chi connectivity index (χ4n) is 3.10. The van der Waals surface area contributed by atoms with E-state index in [2.05, 4.69) is 4.90 Å². The molecule has 114 valence electrons. The van der Waals surface area contributed by atoms with Gasteiger partial charge < -0.3 is 0 Å². The van der Waals surface area contributed by atoms with Gasteiger partial charge in [-0.1, -0.05) is 42.5 Å². The third-order valence-electron chi connectivity index (χ3n) is 4.25. The summed E-state index contributed by atoms with van der Waals surface area (Å²) >= 11 is 0. The molecular formula is C19H20FNO. The number of rotatable bonds is 4. The van der Waals surface area contributed by atoms with E-state index in [4.69, 9.17) is 0 Å². The van der Waals surface area contributed by atoms with Crippen molar-refractivity contribution in [3.63, 3.8) is 0 Å². The average Bonchev–Trinajstić information content (AvgIpc) is 2.57. The number of carbonyl (C=O) groups excluding carboxylic acids is 1. The molecule has 1 atom stereocenters. The molecule has 1 aliphatic rings. The normalized spacial score (nSPS) is 19.0. The molecule has 0 radical (unpaired) electrons. The van der Waals surface area contributed by atoms with Crippen LogP contribution in [-0.4, -0.2) is 23.8 Å². The van der Waals surface area contributed by atoms with Crippen LogP contribution in [0.3, 0.4) is 0 Å². The number of halogens is 1. The van der Waals surface area contributed by atoms with Crippen molar-refractivity contribution in [3.8, 4) is 0 Å². The second kappa shape index (κ2) is 6.84. The van der Waals surface area contributed by atoms with Crippen molar-refractivity contribution in [2.45, 2.75) is 19.4 Å². The van der Waals surface area contributed by atoms with Crippen LogP contribution in [0.2, 0.25) is 0 Å². The largest absolute Gasteiger partial charge is 0.298 e. The molecule has 1 heterocycles. The van der Waals surface area contributed by atoms with Gasteiger partial charge in [-0.25, -0.2) is 4.39 Å². The molecule has 0 bridgehead atoms. The summed E-state index contributed by atoms with van der Waals surface area (Å²) < 4.78 is 13.0. The highest BCUT2D eigenvalue weighted by atomic mass is 19.1. The molecule has 0 spiro atoms. The highest BCUT2D eigenvalue weighted by Crippen LogP contribution is 2.22. The summed E-state index contributed by atoms with van der Waals surface area (Å²) in [5, 5.41) is 0. The molecule has 0 amide bonds. The minimum Gasteiger partial charge on any atom is -0.298 e. The molecule has 2 aromatic carbocycles. The van der Waals surface area contributed by atoms with E-state index in [0.717, 1.165) is 43.6 Å². The van der Waals surface area contributed by atoms with Crippen molar-refractivity contribution in [2.24, 2.45) is 5.92 Å². The fraction of sp³-hybridized carbons (Fsp3) is 0.316. The molecule has 2 aromatic rings. The van der Waals surface area contributed by atoms with Gasteiger partial charge in [-0.3, -0.25) is 9.69 Å². The van der Waals surface area contributed by atoms with Crippen LogP contribution in [-0.2, 0) is 6.54 Å². The second-order valence-electron chi connectivity index (χ2n) is 5.93. The zero-order valence-corrected chi connectivity index (χ0v) is 12.5. The minimum atomic E-state index is -0.209. The van der Waals surface area contributed by atoms with Crippen molar-refractivity contribution in [1.82, 2.24) is 4.90 Å². The molecular weight excluding hydrogens is 277 g/mol. The lowest BCUT2D eigenvalue weighted by Crippen LogP contribution is -2.38. The van der Waals surface area contributed by atoms with E-state index in [1.54, 1.807) is 0 Å². The van der Waals surface area contributed by atoms with Gasteiger partial charge in [0.25, 0.3) is 0 Å². The molecule has 3 heteroatoms. The second-order valence-corrected chi connectivity index (χ2v) is 5.93. The fourth-order valence-corrected chi connectivity index (χ4v) is 3.10. The number of hydrogen-bond donors (Lipinski definition) is 0. The number of hydrogen-bond acceptors (Lipinski definition) is 2. The van der Waals surface area contributed by atoms with Crippen molar-refractivity contribution < 1.29 is 9.18 Å². The topological polar surface area (TPSA) is 20.3 Å². The third kappa shape index (κ3) is 3.60. The highest BCUT2D eigenvalue weighted by Gasteiger charge is 2.26. The van der Waals surface area contributed by atoms with E-state index in [1.807, 2.05) is 42.5 Å². The zero-order chi connectivity index (χ0) is 15.4. The minimum absolute atomic E-state index is 0.0663. The molecule has 0 saturated carbocycles. The molecule has 1 fully saturated rings. The van der Waals surface area contributed by atoms with Crippen LogP contribution in [0.5, 0.6) is 0 Å². The first-order chi connectivity index (χ1) is 10.7. The Morgan fingerprint density at radius 1 is 1.09 bits per heavy atom. The van der Waals surface area contributed by atoms with Crippen LogP contribution in [0.1, 0.15) is 28.8 Å². The van der Waals surface area contributed by atoms with Gasteiger partial charge >= 0.3 is 0 Å². The van der Waals surface area contributed by atoms with Gasteiger partial charge in [-0.2, -0.15) is 0 Å². The summed E-state index contributed by atoms with van der Waals surface area (Å²) in [6.07, 6.45) is 1.98. The number of likely N-dealkylation sites (tertiary alicyclic amines) is 1. The number of carbonyl (C=O) groups is 1. The summed E-state index contributed by atoms with van der Waals surface area (Å²) in [4.78, 5) is 14.9. The van der Waals surface area contributed by atoms with Gasteiger partial charge in [-0.15, -0.1) is 0 Å². The SMILES string of the molecule is O=C(c1ccccc1)C1CCCN(Cc2ccc(F)cc2)C1. The number of benzene rings is 2. The van der Waals surface area contributed by atoms with Crippen LogP contribution in [0.15, 0.2) is 54.6 Å². The number of ketones is 1. The van der Waals surface area contributed by atoms with Crippen molar-refractivity contribution in [2.75, 3.05) is 13.1 Å². The lowest BCUT2D eigenvalue weighted by molar-refractivity contribution is 0.0811. The first-order valence-corrected chi connectivity index (χ1v) is 7.78. The van der Waals surface area contributed by atoms with Crippen molar-refractivity contribution in [1.29, 1.82) is 0 Å². The van der Waals surface area contributed by atoms with E-state index < -0.39 is 0 Å². The summed E-state index contributed by atoms with van der Waals surface area (Å²) in [5.41, 5.74) is 1.89. The Balaban J connectivity index is 1.64. The molecule has 1 aliphatic heterocycles. The summed E-state index contributed by atoms with van der Waals surface area (Å²) in [7, 11) is 0. The molecule has 1 saturated heterocycles. The molecule has 3 rings (SSSR count). The molecule has 0 aromatic heterocycles. The van der Waals surface area contributed by atoms with Crippen LogP contribution in [0.25, 0.3) is 0 Å². The molecule has 1 unspecified atom stereocenters. The van der Waals surface area contributed by atoms with Gasteiger partial charge in [0.15, 0.2) is 5.78 Å². The van der Waals surface area contributed by atoms with Crippen LogP contribution in [0, 0.1) is 11.7 Å². The quantitative estimate of drug-likeness (QED) is 0.797. The maximum Gasteiger partial charge on any atom is 0.167 e. The van der Waals surface area contributed by atoms with E-state index in [0.29, 0.717) is 0 Å². The summed E-state index contributed by atoms with van der Waals surface area (Å²) in [6.45, 7) is 2.56. The smallest absolute Gasteiger partial charge is 0.167 e. The van der Waals surface area contributed by atoms with Gasteiger partial charge in [0.1, 0.15) is 5.82 Å². The Morgan fingerprint density at radius 3 is 2.55 bits per heavy atom. The van der Waals surface area contributed by atoms with Gasteiger partial charge in [0.05, 0.1) is 0 Å². The number of piperidine rings is 1. The third-order valence-corrected chi connectivity index (χ3v) is 4.25. The maximum atomic E-state index is 13.0. The first kappa shape index (κ1) is 14.9. The average molecular weight is 297 g/mol. The summed E-state index contributed by atoms with van der Waals surface area (Å²) in [5.74, 6) is 0.0977. The first-order valence-electron chi connectivity index (χ1n) is 7.78. The van der Waals surface area contributed by atoms with E-state index >= 15 is 0 Å². The van der Waals surface area contributed by atoms with E-state index in [1.165, 1.54) is 12.1 Å². The summed E-state index contributed by atoms with van der Waals surface area (Å²) in [6, 6.07) is 16.1. The Bertz CT molecular complexity index is 624. The van der Waals surface area contributed by atoms with Crippen LogP contribution in [0.4, 0.5) is 4.39 Å². The van der Waals surface area contributed by atoms with Gasteiger partial charge in [0.2, 0.25) is 0 Å². The lowest BCUT2D eigenvalue weighted by Gasteiger charge is -2.32. The zero-order valence-electron chi connectivity index (χ0n) is 12.5. The Labute approximate surface area is 130 Å². The van der Waals surface area contributed by atoms with E-state index in [9.17, 15) is 9.18 Å². The number of nitrogens with zero attached hydrogens (tertiary/aromatic N) is 1. The number of Topliss-reactive ketones (excluding diaryl/α,β-unsaturated/α-hetero) is 1. The van der Waals surface area contributed by atoms with Gasteiger partial charge in [-0.05, 0) is 37.1 Å². The maximum absolute atomic E-state index is 13.0. The monoisotopic (exact) mass is 297 g/mol. The van der Waals surface area contributed by atoms with Crippen molar-refractivity contribution in [3.05, 3.63) is 71.5 Å².